The molecule has 2 aromatic rings. The van der Waals surface area contributed by atoms with E-state index in [0.29, 0.717) is 44.5 Å². The quantitative estimate of drug-likeness (QED) is 0.847. The lowest BCUT2D eigenvalue weighted by atomic mass is 9.82. The highest BCUT2D eigenvalue weighted by Gasteiger charge is 2.52. The average Bonchev–Trinajstić information content (AvgIpc) is 3.28. The van der Waals surface area contributed by atoms with Crippen molar-refractivity contribution in [2.24, 2.45) is 11.3 Å². The van der Waals surface area contributed by atoms with Crippen LogP contribution in [0.4, 0.5) is 0 Å². The number of aromatic nitrogens is 2. The summed E-state index contributed by atoms with van der Waals surface area (Å²) in [6.07, 6.45) is 4.68. The maximum atomic E-state index is 12.6. The Hall–Kier alpha value is -2.41. The molecule has 2 aliphatic rings. The lowest BCUT2D eigenvalue weighted by Gasteiger charge is -2.26. The summed E-state index contributed by atoms with van der Waals surface area (Å²) in [5.74, 6) is 0.252. The number of hydrogen-bond donors (Lipinski definition) is 0. The van der Waals surface area contributed by atoms with E-state index in [-0.39, 0.29) is 17.2 Å². The van der Waals surface area contributed by atoms with Crippen molar-refractivity contribution in [3.05, 3.63) is 42.1 Å². The summed E-state index contributed by atoms with van der Waals surface area (Å²) in [7, 11) is 0. The number of fused-ring (bicyclic) bond motifs is 1. The van der Waals surface area contributed by atoms with Crippen LogP contribution in [0, 0.1) is 18.3 Å². The molecule has 0 spiro atoms. The number of amides is 1. The minimum Gasteiger partial charge on any atom is -0.472 e. The zero-order valence-electron chi connectivity index (χ0n) is 13.5. The Labute approximate surface area is 139 Å². The third kappa shape index (κ3) is 2.65. The minimum absolute atomic E-state index is 0.00988. The van der Waals surface area contributed by atoms with E-state index in [1.807, 2.05) is 17.9 Å². The summed E-state index contributed by atoms with van der Waals surface area (Å²) in [5, 5.41) is 0. The highest BCUT2D eigenvalue weighted by molar-refractivity contribution is 5.94. The van der Waals surface area contributed by atoms with Crippen LogP contribution in [0.1, 0.15) is 16.1 Å². The van der Waals surface area contributed by atoms with E-state index in [1.165, 1.54) is 12.5 Å². The van der Waals surface area contributed by atoms with Gasteiger partial charge in [-0.2, -0.15) is 0 Å². The van der Waals surface area contributed by atoms with E-state index < -0.39 is 0 Å². The molecule has 0 aliphatic carbocycles. The van der Waals surface area contributed by atoms with Crippen molar-refractivity contribution in [2.45, 2.75) is 6.92 Å². The van der Waals surface area contributed by atoms with Gasteiger partial charge in [-0.25, -0.2) is 9.97 Å². The van der Waals surface area contributed by atoms with Crippen molar-refractivity contribution < 1.29 is 18.7 Å². The average molecular weight is 329 g/mol. The maximum Gasteiger partial charge on any atom is 0.316 e. The van der Waals surface area contributed by atoms with E-state index >= 15 is 0 Å². The number of nitrogens with zero attached hydrogens (tertiary/aromatic N) is 3. The molecule has 4 heterocycles. The minimum atomic E-state index is -0.202. The van der Waals surface area contributed by atoms with Crippen molar-refractivity contribution in [3.63, 3.8) is 0 Å². The van der Waals surface area contributed by atoms with Gasteiger partial charge in [0.25, 0.3) is 5.91 Å². The van der Waals surface area contributed by atoms with Gasteiger partial charge in [0.15, 0.2) is 0 Å². The Kier molecular flexibility index (Phi) is 3.72. The van der Waals surface area contributed by atoms with Gasteiger partial charge in [-0.3, -0.25) is 4.79 Å². The topological polar surface area (TPSA) is 77.7 Å². The Bertz CT molecular complexity index is 733. The molecule has 2 atom stereocenters. The Morgan fingerprint density at radius 1 is 1.50 bits per heavy atom. The van der Waals surface area contributed by atoms with Crippen molar-refractivity contribution in [1.82, 2.24) is 14.9 Å². The normalized spacial score (nSPS) is 25.7. The zero-order chi connectivity index (χ0) is 16.6. The molecule has 4 rings (SSSR count). The van der Waals surface area contributed by atoms with E-state index in [9.17, 15) is 4.79 Å². The number of aryl methyl sites for hydroxylation is 1. The highest BCUT2D eigenvalue weighted by atomic mass is 16.5. The number of furan rings is 1. The lowest BCUT2D eigenvalue weighted by Crippen LogP contribution is -2.38. The molecule has 2 fully saturated rings. The largest absolute Gasteiger partial charge is 0.472 e. The molecule has 0 aromatic carbocycles. The standard InChI is InChI=1S/C17H19N3O4/c1-12-2-4-18-16(19-12)24-11-17-9-20(6-14(17)8-23-10-17)15(21)13-3-5-22-7-13/h2-5,7,14H,6,8-11H2,1H3/t14-,17+/m1/s1. The Balaban J connectivity index is 1.47. The van der Waals surface area contributed by atoms with Gasteiger partial charge in [0, 0.05) is 30.9 Å². The molecule has 2 aliphatic heterocycles. The Morgan fingerprint density at radius 2 is 2.42 bits per heavy atom. The summed E-state index contributed by atoms with van der Waals surface area (Å²) in [6.45, 7) is 4.84. The number of ether oxygens (including phenoxy) is 2. The Morgan fingerprint density at radius 3 is 3.21 bits per heavy atom. The molecule has 0 bridgehead atoms. The third-order valence-electron chi connectivity index (χ3n) is 4.84. The van der Waals surface area contributed by atoms with E-state index in [1.54, 1.807) is 12.3 Å². The molecule has 126 valence electrons. The smallest absolute Gasteiger partial charge is 0.316 e. The molecular weight excluding hydrogens is 310 g/mol. The van der Waals surface area contributed by atoms with E-state index in [2.05, 4.69) is 9.97 Å². The van der Waals surface area contributed by atoms with Gasteiger partial charge in [-0.1, -0.05) is 0 Å². The van der Waals surface area contributed by atoms with Gasteiger partial charge >= 0.3 is 6.01 Å². The number of likely N-dealkylation sites (tertiary alicyclic amines) is 1. The second-order valence-electron chi connectivity index (χ2n) is 6.54. The fraction of sp³-hybridized carbons (Fsp3) is 0.471. The van der Waals surface area contributed by atoms with Crippen LogP contribution >= 0.6 is 0 Å². The van der Waals surface area contributed by atoms with E-state index in [0.717, 1.165) is 5.69 Å². The second kappa shape index (κ2) is 5.90. The van der Waals surface area contributed by atoms with Crippen molar-refractivity contribution in [1.29, 1.82) is 0 Å². The van der Waals surface area contributed by atoms with Gasteiger partial charge < -0.3 is 18.8 Å². The molecule has 0 saturated carbocycles. The zero-order valence-corrected chi connectivity index (χ0v) is 13.5. The summed E-state index contributed by atoms with van der Waals surface area (Å²) in [4.78, 5) is 22.8. The molecular formula is C17H19N3O4. The summed E-state index contributed by atoms with van der Waals surface area (Å²) >= 11 is 0. The molecule has 24 heavy (non-hydrogen) atoms. The first-order chi connectivity index (χ1) is 11.7. The number of rotatable bonds is 4. The number of hydrogen-bond acceptors (Lipinski definition) is 6. The number of carbonyl (C=O) groups is 1. The van der Waals surface area contributed by atoms with Crippen LogP contribution in [0.2, 0.25) is 0 Å². The molecule has 2 saturated heterocycles. The summed E-state index contributed by atoms with van der Waals surface area (Å²) in [5.41, 5.74) is 1.24. The van der Waals surface area contributed by atoms with Crippen LogP contribution in [0.25, 0.3) is 0 Å². The van der Waals surface area contributed by atoms with Crippen molar-refractivity contribution >= 4 is 5.91 Å². The molecule has 0 N–H and O–H groups in total. The van der Waals surface area contributed by atoms with Gasteiger partial charge in [0.05, 0.1) is 30.5 Å². The van der Waals surface area contributed by atoms with E-state index in [4.69, 9.17) is 13.9 Å². The molecule has 7 nitrogen and oxygen atoms in total. The maximum absolute atomic E-state index is 12.6. The SMILES string of the molecule is Cc1ccnc(OC[C@]23COC[C@H]2CN(C(=O)c2ccoc2)C3)n1. The molecule has 1 amide bonds. The predicted molar refractivity (Wildman–Crippen MR) is 83.6 cm³/mol. The molecule has 7 heteroatoms. The third-order valence-corrected chi connectivity index (χ3v) is 4.84. The van der Waals surface area contributed by atoms with Gasteiger partial charge in [0.2, 0.25) is 0 Å². The van der Waals surface area contributed by atoms with Crippen LogP contribution in [0.5, 0.6) is 6.01 Å². The van der Waals surface area contributed by atoms with Crippen molar-refractivity contribution in [3.8, 4) is 6.01 Å². The fourth-order valence-electron chi connectivity index (χ4n) is 3.46. The van der Waals surface area contributed by atoms with Crippen LogP contribution < -0.4 is 4.74 Å². The first-order valence-electron chi connectivity index (χ1n) is 7.98. The monoisotopic (exact) mass is 329 g/mol. The predicted octanol–water partition coefficient (Wildman–Crippen LogP) is 1.55. The highest BCUT2D eigenvalue weighted by Crippen LogP contribution is 2.42. The first kappa shape index (κ1) is 15.1. The van der Waals surface area contributed by atoms with Gasteiger partial charge in [-0.15, -0.1) is 0 Å². The van der Waals surface area contributed by atoms with Gasteiger partial charge in [0.1, 0.15) is 12.9 Å². The van der Waals surface area contributed by atoms with Crippen LogP contribution in [0.15, 0.2) is 35.3 Å². The molecule has 2 aromatic heterocycles. The number of carbonyl (C=O) groups excluding carboxylic acids is 1. The molecule has 0 unspecified atom stereocenters. The van der Waals surface area contributed by atoms with Crippen LogP contribution in [0.3, 0.4) is 0 Å². The molecule has 0 radical (unpaired) electrons. The van der Waals surface area contributed by atoms with Gasteiger partial charge in [-0.05, 0) is 19.1 Å². The van der Waals surface area contributed by atoms with Crippen LogP contribution in [-0.4, -0.2) is 53.7 Å². The second-order valence-corrected chi connectivity index (χ2v) is 6.54. The van der Waals surface area contributed by atoms with Crippen LogP contribution in [-0.2, 0) is 4.74 Å². The fourth-order valence-corrected chi connectivity index (χ4v) is 3.46. The summed E-state index contributed by atoms with van der Waals surface area (Å²) in [6, 6.07) is 3.89. The van der Waals surface area contributed by atoms with Crippen molar-refractivity contribution in [2.75, 3.05) is 32.9 Å². The summed E-state index contributed by atoms with van der Waals surface area (Å²) < 4.78 is 16.5. The first-order valence-corrected chi connectivity index (χ1v) is 7.98. The lowest BCUT2D eigenvalue weighted by molar-refractivity contribution is 0.0649.